The number of fused-ring (bicyclic) bond motifs is 1. The summed E-state index contributed by atoms with van der Waals surface area (Å²) < 4.78 is 7.61. The standard InChI is InChI=1S/C20H25N3O3/c24-19(8-10-21-9-7-16-4-1-2-5-17(16)21)22-11-13-23(14-12-22)20(25)18-6-3-15-26-18/h1-2,4-5,7,9,18H,3,6,8,10-15H2/t18-/m0/s1. The molecule has 0 N–H and O–H groups in total. The Morgan fingerprint density at radius 3 is 2.58 bits per heavy atom. The van der Waals surface area contributed by atoms with Gasteiger partial charge in [-0.05, 0) is 30.4 Å². The zero-order valence-corrected chi connectivity index (χ0v) is 15.0. The number of amides is 2. The first-order valence-electron chi connectivity index (χ1n) is 9.44. The monoisotopic (exact) mass is 355 g/mol. The van der Waals surface area contributed by atoms with Crippen molar-refractivity contribution in [1.82, 2.24) is 14.4 Å². The van der Waals surface area contributed by atoms with Gasteiger partial charge in [0.05, 0.1) is 0 Å². The van der Waals surface area contributed by atoms with E-state index in [4.69, 9.17) is 4.74 Å². The third-order valence-corrected chi connectivity index (χ3v) is 5.40. The average Bonchev–Trinajstić information content (AvgIpc) is 3.36. The van der Waals surface area contributed by atoms with E-state index >= 15 is 0 Å². The van der Waals surface area contributed by atoms with Crippen molar-refractivity contribution in [1.29, 1.82) is 0 Å². The van der Waals surface area contributed by atoms with E-state index in [0.29, 0.717) is 45.8 Å². The van der Waals surface area contributed by atoms with Crippen LogP contribution in [0, 0.1) is 0 Å². The molecule has 0 radical (unpaired) electrons. The van der Waals surface area contributed by atoms with Gasteiger partial charge in [0.1, 0.15) is 6.10 Å². The highest BCUT2D eigenvalue weighted by atomic mass is 16.5. The van der Waals surface area contributed by atoms with E-state index < -0.39 is 0 Å². The molecule has 2 amide bonds. The highest BCUT2D eigenvalue weighted by Gasteiger charge is 2.31. The van der Waals surface area contributed by atoms with Crippen molar-refractivity contribution in [2.24, 2.45) is 0 Å². The molecule has 2 aromatic rings. The normalized spacial score (nSPS) is 20.7. The highest BCUT2D eigenvalue weighted by molar-refractivity contribution is 5.82. The molecule has 0 spiro atoms. The fourth-order valence-corrected chi connectivity index (χ4v) is 3.86. The molecule has 4 rings (SSSR count). The lowest BCUT2D eigenvalue weighted by atomic mass is 10.2. The van der Waals surface area contributed by atoms with Crippen LogP contribution < -0.4 is 0 Å². The molecule has 2 aliphatic heterocycles. The third kappa shape index (κ3) is 3.46. The molecule has 1 aromatic carbocycles. The van der Waals surface area contributed by atoms with Crippen molar-refractivity contribution in [3.8, 4) is 0 Å². The van der Waals surface area contributed by atoms with E-state index in [9.17, 15) is 9.59 Å². The Bertz CT molecular complexity index is 786. The van der Waals surface area contributed by atoms with Crippen molar-refractivity contribution in [3.63, 3.8) is 0 Å². The van der Waals surface area contributed by atoms with Crippen LogP contribution in [-0.4, -0.2) is 65.1 Å². The van der Waals surface area contributed by atoms with Gasteiger partial charge >= 0.3 is 0 Å². The Morgan fingerprint density at radius 2 is 1.81 bits per heavy atom. The van der Waals surface area contributed by atoms with E-state index in [1.807, 2.05) is 28.1 Å². The summed E-state index contributed by atoms with van der Waals surface area (Å²) in [6.45, 7) is 3.81. The molecule has 138 valence electrons. The van der Waals surface area contributed by atoms with E-state index in [1.54, 1.807) is 0 Å². The van der Waals surface area contributed by atoms with E-state index in [-0.39, 0.29) is 17.9 Å². The summed E-state index contributed by atoms with van der Waals surface area (Å²) in [5, 5.41) is 1.20. The number of carbonyl (C=O) groups excluding carboxylic acids is 2. The zero-order valence-electron chi connectivity index (χ0n) is 15.0. The summed E-state index contributed by atoms with van der Waals surface area (Å²) in [5.74, 6) is 0.250. The van der Waals surface area contributed by atoms with Gasteiger partial charge in [-0.2, -0.15) is 0 Å². The summed E-state index contributed by atoms with van der Waals surface area (Å²) in [5.41, 5.74) is 1.16. The summed E-state index contributed by atoms with van der Waals surface area (Å²) in [7, 11) is 0. The molecule has 2 aliphatic rings. The fourth-order valence-electron chi connectivity index (χ4n) is 3.86. The molecule has 1 atom stereocenters. The quantitative estimate of drug-likeness (QED) is 0.841. The number of nitrogens with zero attached hydrogens (tertiary/aromatic N) is 3. The molecular formula is C20H25N3O3. The van der Waals surface area contributed by atoms with Crippen LogP contribution >= 0.6 is 0 Å². The van der Waals surface area contributed by atoms with Gasteiger partial charge in [-0.1, -0.05) is 18.2 Å². The number of benzene rings is 1. The zero-order chi connectivity index (χ0) is 17.9. The Hall–Kier alpha value is -2.34. The number of ether oxygens (including phenoxy) is 1. The van der Waals surface area contributed by atoms with Crippen LogP contribution in [-0.2, 0) is 20.9 Å². The molecule has 0 unspecified atom stereocenters. The van der Waals surface area contributed by atoms with Crippen molar-refractivity contribution >= 4 is 22.7 Å². The second-order valence-electron chi connectivity index (χ2n) is 7.03. The summed E-state index contributed by atoms with van der Waals surface area (Å²) >= 11 is 0. The van der Waals surface area contributed by atoms with Crippen LogP contribution in [0.4, 0.5) is 0 Å². The maximum atomic E-state index is 12.5. The molecule has 2 fully saturated rings. The molecule has 6 nitrogen and oxygen atoms in total. The van der Waals surface area contributed by atoms with Crippen LogP contribution in [0.15, 0.2) is 36.5 Å². The molecule has 0 aliphatic carbocycles. The van der Waals surface area contributed by atoms with Crippen molar-refractivity contribution in [3.05, 3.63) is 36.5 Å². The number of rotatable bonds is 4. The fraction of sp³-hybridized carbons (Fsp3) is 0.500. The minimum atomic E-state index is -0.265. The predicted molar refractivity (Wildman–Crippen MR) is 98.7 cm³/mol. The molecule has 0 saturated carbocycles. The summed E-state index contributed by atoms with van der Waals surface area (Å²) in [6, 6.07) is 10.3. The second kappa shape index (κ2) is 7.50. The lowest BCUT2D eigenvalue weighted by Gasteiger charge is -2.35. The molecule has 2 saturated heterocycles. The molecule has 3 heterocycles. The smallest absolute Gasteiger partial charge is 0.251 e. The van der Waals surface area contributed by atoms with Gasteiger partial charge in [0, 0.05) is 57.5 Å². The van der Waals surface area contributed by atoms with E-state index in [1.165, 1.54) is 5.39 Å². The van der Waals surface area contributed by atoms with Gasteiger partial charge in [-0.3, -0.25) is 9.59 Å². The molecular weight excluding hydrogens is 330 g/mol. The maximum absolute atomic E-state index is 12.5. The number of hydrogen-bond acceptors (Lipinski definition) is 3. The lowest BCUT2D eigenvalue weighted by molar-refractivity contribution is -0.146. The average molecular weight is 355 g/mol. The van der Waals surface area contributed by atoms with Gasteiger partial charge in [0.25, 0.3) is 5.91 Å². The Morgan fingerprint density at radius 1 is 1.04 bits per heavy atom. The molecule has 6 heteroatoms. The van der Waals surface area contributed by atoms with Crippen molar-refractivity contribution in [2.75, 3.05) is 32.8 Å². The van der Waals surface area contributed by atoms with Gasteiger partial charge < -0.3 is 19.1 Å². The van der Waals surface area contributed by atoms with E-state index in [2.05, 4.69) is 22.8 Å². The summed E-state index contributed by atoms with van der Waals surface area (Å²) in [4.78, 5) is 28.6. The first-order chi connectivity index (χ1) is 12.7. The van der Waals surface area contributed by atoms with Crippen LogP contribution in [0.2, 0.25) is 0 Å². The Balaban J connectivity index is 1.27. The minimum Gasteiger partial charge on any atom is -0.368 e. The van der Waals surface area contributed by atoms with Gasteiger partial charge in [-0.25, -0.2) is 0 Å². The van der Waals surface area contributed by atoms with Crippen molar-refractivity contribution in [2.45, 2.75) is 31.9 Å². The maximum Gasteiger partial charge on any atom is 0.251 e. The van der Waals surface area contributed by atoms with Gasteiger partial charge in [-0.15, -0.1) is 0 Å². The molecule has 0 bridgehead atoms. The van der Waals surface area contributed by atoms with Crippen LogP contribution in [0.25, 0.3) is 10.9 Å². The predicted octanol–water partition coefficient (Wildman–Crippen LogP) is 1.88. The van der Waals surface area contributed by atoms with Crippen LogP contribution in [0.3, 0.4) is 0 Å². The Labute approximate surface area is 153 Å². The SMILES string of the molecule is O=C(CCn1ccc2ccccc21)N1CCN(C(=O)[C@@H]2CCCO2)CC1. The number of aromatic nitrogens is 1. The largest absolute Gasteiger partial charge is 0.368 e. The molecule has 26 heavy (non-hydrogen) atoms. The Kier molecular flexibility index (Phi) is 4.93. The first kappa shape index (κ1) is 17.1. The van der Waals surface area contributed by atoms with Gasteiger partial charge in [0.15, 0.2) is 0 Å². The lowest BCUT2D eigenvalue weighted by Crippen LogP contribution is -2.52. The third-order valence-electron chi connectivity index (χ3n) is 5.40. The number of hydrogen-bond donors (Lipinski definition) is 0. The summed E-state index contributed by atoms with van der Waals surface area (Å²) in [6.07, 6.45) is 4.04. The minimum absolute atomic E-state index is 0.0911. The second-order valence-corrected chi connectivity index (χ2v) is 7.03. The highest BCUT2D eigenvalue weighted by Crippen LogP contribution is 2.17. The van der Waals surface area contributed by atoms with Gasteiger partial charge in [0.2, 0.25) is 5.91 Å². The van der Waals surface area contributed by atoms with E-state index in [0.717, 1.165) is 18.4 Å². The van der Waals surface area contributed by atoms with Crippen LogP contribution in [0.5, 0.6) is 0 Å². The molecule has 1 aromatic heterocycles. The van der Waals surface area contributed by atoms with Crippen molar-refractivity contribution < 1.29 is 14.3 Å². The number of piperazine rings is 1. The topological polar surface area (TPSA) is 54.8 Å². The first-order valence-corrected chi connectivity index (χ1v) is 9.44. The number of aryl methyl sites for hydroxylation is 1. The number of carbonyl (C=O) groups is 2. The van der Waals surface area contributed by atoms with Crippen LogP contribution in [0.1, 0.15) is 19.3 Å². The number of para-hydroxylation sites is 1.